The van der Waals surface area contributed by atoms with Gasteiger partial charge in [-0.3, -0.25) is 9.89 Å². The number of aromatic nitrogens is 2. The monoisotopic (exact) mass is 298 g/mol. The standard InChI is InChI=1S/C18H19FN2O/c1-3-10-15(22)5-6-18(4-2)8-12-11(16(10)18)7-14(19)17-13(12)9-20-21-17/h7,9H,3-6,8H2,1-2H3,(H,20,21). The number of carbonyl (C=O) groups is 1. The van der Waals surface area contributed by atoms with Gasteiger partial charge in [0.1, 0.15) is 11.3 Å². The van der Waals surface area contributed by atoms with Crippen LogP contribution in [0.25, 0.3) is 16.5 Å². The Kier molecular flexibility index (Phi) is 2.80. The number of ketones is 1. The highest BCUT2D eigenvalue weighted by atomic mass is 19.1. The van der Waals surface area contributed by atoms with Crippen LogP contribution in [0.3, 0.4) is 0 Å². The lowest BCUT2D eigenvalue weighted by molar-refractivity contribution is -0.116. The molecule has 4 heteroatoms. The van der Waals surface area contributed by atoms with Crippen molar-refractivity contribution in [2.45, 2.75) is 46.0 Å². The molecule has 114 valence electrons. The summed E-state index contributed by atoms with van der Waals surface area (Å²) in [4.78, 5) is 12.4. The summed E-state index contributed by atoms with van der Waals surface area (Å²) in [6, 6.07) is 1.61. The molecule has 0 radical (unpaired) electrons. The molecule has 22 heavy (non-hydrogen) atoms. The van der Waals surface area contributed by atoms with Crippen LogP contribution in [0.2, 0.25) is 0 Å². The molecular formula is C18H19FN2O. The summed E-state index contributed by atoms with van der Waals surface area (Å²) in [5, 5.41) is 7.64. The van der Waals surface area contributed by atoms with Gasteiger partial charge in [-0.1, -0.05) is 13.8 Å². The Hall–Kier alpha value is -1.97. The summed E-state index contributed by atoms with van der Waals surface area (Å²) in [5.74, 6) is -0.0405. The highest BCUT2D eigenvalue weighted by molar-refractivity contribution is 6.07. The van der Waals surface area contributed by atoms with Gasteiger partial charge >= 0.3 is 0 Å². The number of nitrogens with one attached hydrogen (secondary N) is 1. The minimum absolute atomic E-state index is 0.000417. The second-order valence-corrected chi connectivity index (χ2v) is 6.48. The quantitative estimate of drug-likeness (QED) is 0.904. The minimum Gasteiger partial charge on any atom is -0.295 e. The van der Waals surface area contributed by atoms with E-state index < -0.39 is 0 Å². The van der Waals surface area contributed by atoms with Gasteiger partial charge in [-0.2, -0.15) is 5.10 Å². The van der Waals surface area contributed by atoms with E-state index in [4.69, 9.17) is 0 Å². The van der Waals surface area contributed by atoms with Crippen LogP contribution < -0.4 is 0 Å². The van der Waals surface area contributed by atoms with E-state index in [2.05, 4.69) is 17.1 Å². The van der Waals surface area contributed by atoms with Crippen LogP contribution in [-0.4, -0.2) is 16.0 Å². The first-order valence-electron chi connectivity index (χ1n) is 8.03. The SMILES string of the molecule is CCC1=C2c3cc(F)c4[nH]ncc4c3CC2(CC)CCC1=O. The van der Waals surface area contributed by atoms with E-state index in [0.29, 0.717) is 11.9 Å². The highest BCUT2D eigenvalue weighted by Crippen LogP contribution is 2.57. The molecule has 0 saturated carbocycles. The van der Waals surface area contributed by atoms with Crippen molar-refractivity contribution < 1.29 is 9.18 Å². The van der Waals surface area contributed by atoms with E-state index in [0.717, 1.165) is 53.3 Å². The summed E-state index contributed by atoms with van der Waals surface area (Å²) in [7, 11) is 0. The first-order valence-corrected chi connectivity index (χ1v) is 8.03. The van der Waals surface area contributed by atoms with Crippen LogP contribution in [0.4, 0.5) is 4.39 Å². The van der Waals surface area contributed by atoms with Gasteiger partial charge in [0, 0.05) is 17.2 Å². The van der Waals surface area contributed by atoms with E-state index >= 15 is 0 Å². The third-order valence-electron chi connectivity index (χ3n) is 5.61. The number of halogens is 1. The second-order valence-electron chi connectivity index (χ2n) is 6.48. The lowest BCUT2D eigenvalue weighted by atomic mass is 9.68. The molecule has 0 fully saturated rings. The predicted octanol–water partition coefficient (Wildman–Crippen LogP) is 4.18. The summed E-state index contributed by atoms with van der Waals surface area (Å²) in [6.45, 7) is 4.20. The van der Waals surface area contributed by atoms with Crippen molar-refractivity contribution in [3.05, 3.63) is 34.8 Å². The third kappa shape index (κ3) is 1.55. The van der Waals surface area contributed by atoms with Crippen LogP contribution in [0.5, 0.6) is 0 Å². The normalized spacial score (nSPS) is 24.0. The van der Waals surface area contributed by atoms with Crippen LogP contribution >= 0.6 is 0 Å². The molecule has 1 aromatic carbocycles. The number of allylic oxidation sites excluding steroid dienone is 2. The summed E-state index contributed by atoms with van der Waals surface area (Å²) in [6.07, 6.45) is 5.80. The van der Waals surface area contributed by atoms with Gasteiger partial charge in [-0.25, -0.2) is 4.39 Å². The molecule has 1 unspecified atom stereocenters. The third-order valence-corrected chi connectivity index (χ3v) is 5.61. The predicted molar refractivity (Wildman–Crippen MR) is 83.9 cm³/mol. The Morgan fingerprint density at radius 3 is 2.95 bits per heavy atom. The van der Waals surface area contributed by atoms with Crippen molar-refractivity contribution in [2.75, 3.05) is 0 Å². The van der Waals surface area contributed by atoms with E-state index in [1.807, 2.05) is 6.92 Å². The second kappa shape index (κ2) is 4.51. The summed E-state index contributed by atoms with van der Waals surface area (Å²) in [5.41, 5.74) is 4.61. The van der Waals surface area contributed by atoms with Crippen molar-refractivity contribution in [3.8, 4) is 0 Å². The molecule has 2 aliphatic carbocycles. The average Bonchev–Trinajstić information content (AvgIpc) is 3.11. The molecule has 1 N–H and O–H groups in total. The zero-order chi connectivity index (χ0) is 15.5. The number of hydrogen-bond acceptors (Lipinski definition) is 2. The average molecular weight is 298 g/mol. The maximum absolute atomic E-state index is 14.4. The van der Waals surface area contributed by atoms with E-state index in [-0.39, 0.29) is 17.0 Å². The minimum atomic E-state index is -0.279. The van der Waals surface area contributed by atoms with Gasteiger partial charge in [0.15, 0.2) is 5.78 Å². The molecule has 2 aromatic rings. The van der Waals surface area contributed by atoms with E-state index in [1.165, 1.54) is 0 Å². The van der Waals surface area contributed by atoms with Gasteiger partial charge in [-0.05, 0) is 54.0 Å². The van der Waals surface area contributed by atoms with Crippen LogP contribution in [0.1, 0.15) is 50.7 Å². The number of Topliss-reactive ketones (excluding diaryl/α,β-unsaturated/α-hetero) is 1. The van der Waals surface area contributed by atoms with E-state index in [9.17, 15) is 9.18 Å². The zero-order valence-corrected chi connectivity index (χ0v) is 12.9. The van der Waals surface area contributed by atoms with Crippen molar-refractivity contribution in [3.63, 3.8) is 0 Å². The molecule has 0 bridgehead atoms. The largest absolute Gasteiger partial charge is 0.295 e. The number of H-pyrrole nitrogens is 1. The number of aromatic amines is 1. The van der Waals surface area contributed by atoms with Gasteiger partial charge in [-0.15, -0.1) is 0 Å². The van der Waals surface area contributed by atoms with Crippen LogP contribution in [-0.2, 0) is 11.2 Å². The Labute approximate surface area is 128 Å². The summed E-state index contributed by atoms with van der Waals surface area (Å²) >= 11 is 0. The number of carbonyl (C=O) groups excluding carboxylic acids is 1. The summed E-state index contributed by atoms with van der Waals surface area (Å²) < 4.78 is 14.4. The van der Waals surface area contributed by atoms with Crippen LogP contribution in [0.15, 0.2) is 17.8 Å². The molecule has 3 nitrogen and oxygen atoms in total. The first-order chi connectivity index (χ1) is 10.6. The van der Waals surface area contributed by atoms with Crippen molar-refractivity contribution in [2.24, 2.45) is 5.41 Å². The number of fused-ring (bicyclic) bond motifs is 5. The molecule has 1 heterocycles. The molecule has 0 saturated heterocycles. The van der Waals surface area contributed by atoms with Crippen LogP contribution in [0, 0.1) is 11.2 Å². The number of rotatable bonds is 2. The zero-order valence-electron chi connectivity index (χ0n) is 12.9. The van der Waals surface area contributed by atoms with Gasteiger partial charge in [0.25, 0.3) is 0 Å². The number of nitrogens with zero attached hydrogens (tertiary/aromatic N) is 1. The van der Waals surface area contributed by atoms with Crippen molar-refractivity contribution in [1.82, 2.24) is 10.2 Å². The Bertz CT molecular complexity index is 833. The van der Waals surface area contributed by atoms with Gasteiger partial charge < -0.3 is 0 Å². The fourth-order valence-corrected chi connectivity index (χ4v) is 4.45. The van der Waals surface area contributed by atoms with Gasteiger partial charge in [0.05, 0.1) is 6.20 Å². The molecule has 0 amide bonds. The lowest BCUT2D eigenvalue weighted by Crippen LogP contribution is -2.27. The fourth-order valence-electron chi connectivity index (χ4n) is 4.45. The molecular weight excluding hydrogens is 279 g/mol. The van der Waals surface area contributed by atoms with Gasteiger partial charge in [0.2, 0.25) is 0 Å². The maximum Gasteiger partial charge on any atom is 0.159 e. The Morgan fingerprint density at radius 2 is 2.23 bits per heavy atom. The fraction of sp³-hybridized carbons (Fsp3) is 0.444. The maximum atomic E-state index is 14.4. The molecule has 2 aliphatic rings. The highest BCUT2D eigenvalue weighted by Gasteiger charge is 2.46. The number of benzene rings is 1. The molecule has 0 spiro atoms. The smallest absolute Gasteiger partial charge is 0.159 e. The molecule has 0 aliphatic heterocycles. The Balaban J connectivity index is 2.10. The first kappa shape index (κ1) is 13.7. The topological polar surface area (TPSA) is 45.8 Å². The Morgan fingerprint density at radius 1 is 1.41 bits per heavy atom. The van der Waals surface area contributed by atoms with Crippen molar-refractivity contribution in [1.29, 1.82) is 0 Å². The van der Waals surface area contributed by atoms with Crippen molar-refractivity contribution >= 4 is 22.3 Å². The van der Waals surface area contributed by atoms with E-state index in [1.54, 1.807) is 12.3 Å². The molecule has 1 aromatic heterocycles. The molecule has 4 rings (SSSR count). The molecule has 1 atom stereocenters. The lowest BCUT2D eigenvalue weighted by Gasteiger charge is -2.35. The number of hydrogen-bond donors (Lipinski definition) is 1.